The van der Waals surface area contributed by atoms with E-state index in [2.05, 4.69) is 6.58 Å². The van der Waals surface area contributed by atoms with Crippen LogP contribution in [0.15, 0.2) is 30.8 Å². The molecule has 74 valence electrons. The van der Waals surface area contributed by atoms with E-state index in [1.807, 2.05) is 31.1 Å². The Morgan fingerprint density at radius 2 is 2.14 bits per heavy atom. The zero-order valence-electron chi connectivity index (χ0n) is 8.37. The topological polar surface area (TPSA) is 23.5 Å². The molecule has 0 aliphatic carbocycles. The predicted octanol–water partition coefficient (Wildman–Crippen LogP) is 1.32. The molecule has 14 heavy (non-hydrogen) atoms. The summed E-state index contributed by atoms with van der Waals surface area (Å²) in [6.45, 7) is 2.88. The van der Waals surface area contributed by atoms with Gasteiger partial charge in [-0.25, -0.2) is 0 Å². The maximum absolute atomic E-state index is 9.68. The van der Waals surface area contributed by atoms with Crippen LogP contribution in [-0.4, -0.2) is 26.0 Å². The van der Waals surface area contributed by atoms with Gasteiger partial charge in [0.15, 0.2) is 0 Å². The van der Waals surface area contributed by atoms with Gasteiger partial charge in [0.25, 0.3) is 0 Å². The number of benzene rings is 1. The molecule has 0 fully saturated rings. The Morgan fingerprint density at radius 1 is 1.50 bits per heavy atom. The second-order valence-corrected chi connectivity index (χ2v) is 3.66. The van der Waals surface area contributed by atoms with Gasteiger partial charge in [0.1, 0.15) is 0 Å². The van der Waals surface area contributed by atoms with Crippen LogP contribution in [0.1, 0.15) is 0 Å². The maximum Gasteiger partial charge on any atom is 0.352 e. The van der Waals surface area contributed by atoms with Crippen molar-refractivity contribution < 1.29 is 5.02 Å². The van der Waals surface area contributed by atoms with Crippen molar-refractivity contribution in [2.24, 2.45) is 0 Å². The quantitative estimate of drug-likeness (QED) is 0.759. The van der Waals surface area contributed by atoms with Crippen molar-refractivity contribution in [1.29, 1.82) is 0 Å². The molecule has 0 aromatic heterocycles. The summed E-state index contributed by atoms with van der Waals surface area (Å²) in [5, 5.41) is 10.3. The van der Waals surface area contributed by atoms with Crippen molar-refractivity contribution in [3.8, 4) is 0 Å². The van der Waals surface area contributed by atoms with Gasteiger partial charge in [-0.1, -0.05) is 29.7 Å². The second-order valence-electron chi connectivity index (χ2n) is 3.25. The number of halogens is 1. The molecule has 0 amide bonds. The van der Waals surface area contributed by atoms with Crippen molar-refractivity contribution in [1.82, 2.24) is 0 Å². The highest BCUT2D eigenvalue weighted by atomic mass is 35.5. The summed E-state index contributed by atoms with van der Waals surface area (Å²) < 4.78 is 0. The van der Waals surface area contributed by atoms with Crippen molar-refractivity contribution in [2.75, 3.05) is 19.0 Å². The van der Waals surface area contributed by atoms with Crippen LogP contribution in [0.2, 0.25) is 5.02 Å². The van der Waals surface area contributed by atoms with Gasteiger partial charge in [0.2, 0.25) is 0 Å². The molecule has 1 aromatic rings. The standard InChI is InChI=1S/C10H13BClNO/c1-4-11(14)8-6-5-7-9(12)10(8)13(2)3/h4-7,14H,1H2,2-3H3. The Labute approximate surface area is 89.9 Å². The highest BCUT2D eigenvalue weighted by Gasteiger charge is 2.17. The van der Waals surface area contributed by atoms with Gasteiger partial charge >= 0.3 is 6.92 Å². The van der Waals surface area contributed by atoms with E-state index < -0.39 is 6.92 Å². The third-order valence-electron chi connectivity index (χ3n) is 2.01. The Morgan fingerprint density at radius 3 is 2.64 bits per heavy atom. The lowest BCUT2D eigenvalue weighted by molar-refractivity contribution is 0.599. The van der Waals surface area contributed by atoms with Crippen molar-refractivity contribution >= 4 is 29.7 Å². The van der Waals surface area contributed by atoms with E-state index in [0.717, 1.165) is 11.2 Å². The number of hydrogen-bond acceptors (Lipinski definition) is 2. The third kappa shape index (κ3) is 2.11. The lowest BCUT2D eigenvalue weighted by Gasteiger charge is -2.19. The number of nitrogens with zero attached hydrogens (tertiary/aromatic N) is 1. The van der Waals surface area contributed by atoms with Gasteiger partial charge in [-0.3, -0.25) is 0 Å². The van der Waals surface area contributed by atoms with Crippen LogP contribution in [0, 0.1) is 0 Å². The van der Waals surface area contributed by atoms with Crippen molar-refractivity contribution in [3.63, 3.8) is 0 Å². The molecular weight excluding hydrogens is 196 g/mol. The molecule has 0 atom stereocenters. The summed E-state index contributed by atoms with van der Waals surface area (Å²) in [5.41, 5.74) is 1.61. The molecule has 0 bridgehead atoms. The summed E-state index contributed by atoms with van der Waals surface area (Å²) in [5.74, 6) is 1.48. The van der Waals surface area contributed by atoms with Crippen LogP contribution >= 0.6 is 11.6 Å². The fraction of sp³-hybridized carbons (Fsp3) is 0.200. The number of hydrogen-bond donors (Lipinski definition) is 1. The van der Waals surface area contributed by atoms with Crippen LogP contribution in [-0.2, 0) is 0 Å². The lowest BCUT2D eigenvalue weighted by atomic mass is 9.61. The van der Waals surface area contributed by atoms with E-state index >= 15 is 0 Å². The third-order valence-corrected chi connectivity index (χ3v) is 2.31. The van der Waals surface area contributed by atoms with Gasteiger partial charge in [-0.2, -0.15) is 0 Å². The summed E-state index contributed by atoms with van der Waals surface area (Å²) >= 11 is 6.04. The van der Waals surface area contributed by atoms with Crippen LogP contribution in [0.25, 0.3) is 0 Å². The summed E-state index contributed by atoms with van der Waals surface area (Å²) in [6, 6.07) is 5.46. The first-order chi connectivity index (χ1) is 6.57. The second kappa shape index (κ2) is 4.53. The molecule has 0 heterocycles. The largest absolute Gasteiger partial charge is 0.443 e. The van der Waals surface area contributed by atoms with Gasteiger partial charge in [-0.15, -0.1) is 6.58 Å². The number of rotatable bonds is 3. The smallest absolute Gasteiger partial charge is 0.352 e. The molecule has 4 heteroatoms. The summed E-state index contributed by atoms with van der Waals surface area (Å²) in [7, 11) is 3.78. The Kier molecular flexibility index (Phi) is 3.61. The van der Waals surface area contributed by atoms with E-state index in [-0.39, 0.29) is 0 Å². The molecule has 0 saturated heterocycles. The zero-order chi connectivity index (χ0) is 10.7. The van der Waals surface area contributed by atoms with Crippen LogP contribution in [0.5, 0.6) is 0 Å². The normalized spacial score (nSPS) is 9.71. The minimum absolute atomic E-state index is 0.633. The van der Waals surface area contributed by atoms with Crippen LogP contribution < -0.4 is 10.4 Å². The molecule has 1 rings (SSSR count). The SMILES string of the molecule is C=CB(O)c1cccc(Cl)c1N(C)C. The molecule has 0 spiro atoms. The molecule has 0 unspecified atom stereocenters. The molecule has 1 aromatic carbocycles. The number of anilines is 1. The first-order valence-corrected chi connectivity index (χ1v) is 4.72. The molecule has 1 N–H and O–H groups in total. The Bertz CT molecular complexity index is 341. The minimum atomic E-state index is -0.675. The fourth-order valence-electron chi connectivity index (χ4n) is 1.37. The van der Waals surface area contributed by atoms with E-state index in [9.17, 15) is 5.02 Å². The van der Waals surface area contributed by atoms with Gasteiger partial charge in [0, 0.05) is 14.1 Å². The first kappa shape index (κ1) is 11.2. The van der Waals surface area contributed by atoms with Crippen molar-refractivity contribution in [3.05, 3.63) is 35.8 Å². The van der Waals surface area contributed by atoms with Gasteiger partial charge in [0.05, 0.1) is 10.7 Å². The summed E-state index contributed by atoms with van der Waals surface area (Å²) in [4.78, 5) is 1.88. The predicted molar refractivity (Wildman–Crippen MR) is 63.6 cm³/mol. The monoisotopic (exact) mass is 209 g/mol. The first-order valence-electron chi connectivity index (χ1n) is 4.34. The van der Waals surface area contributed by atoms with Crippen LogP contribution in [0.4, 0.5) is 5.69 Å². The maximum atomic E-state index is 9.68. The van der Waals surface area contributed by atoms with Gasteiger partial charge in [-0.05, 0) is 11.5 Å². The average molecular weight is 209 g/mol. The molecule has 0 aliphatic rings. The molecule has 0 radical (unpaired) electrons. The Hall–Kier alpha value is -0.925. The summed E-state index contributed by atoms with van der Waals surface area (Å²) in [6.07, 6.45) is 0. The molecule has 0 aliphatic heterocycles. The highest BCUT2D eigenvalue weighted by molar-refractivity contribution is 6.72. The minimum Gasteiger partial charge on any atom is -0.443 e. The number of para-hydroxylation sites is 1. The van der Waals surface area contributed by atoms with E-state index in [4.69, 9.17) is 11.6 Å². The molecule has 2 nitrogen and oxygen atoms in total. The Balaban J connectivity index is 3.27. The highest BCUT2D eigenvalue weighted by Crippen LogP contribution is 2.21. The average Bonchev–Trinajstić information content (AvgIpc) is 2.15. The molecule has 0 saturated carbocycles. The van der Waals surface area contributed by atoms with Crippen LogP contribution in [0.3, 0.4) is 0 Å². The van der Waals surface area contributed by atoms with E-state index in [1.54, 1.807) is 6.07 Å². The van der Waals surface area contributed by atoms with Crippen molar-refractivity contribution in [2.45, 2.75) is 0 Å². The lowest BCUT2D eigenvalue weighted by Crippen LogP contribution is -2.33. The van der Waals surface area contributed by atoms with E-state index in [1.165, 1.54) is 5.98 Å². The van der Waals surface area contributed by atoms with E-state index in [0.29, 0.717) is 5.02 Å². The zero-order valence-corrected chi connectivity index (χ0v) is 9.12. The van der Waals surface area contributed by atoms with Gasteiger partial charge < -0.3 is 9.92 Å². The fourth-order valence-corrected chi connectivity index (χ4v) is 1.72. The molecular formula is C10H13BClNO.